The summed E-state index contributed by atoms with van der Waals surface area (Å²) in [5.74, 6) is 0.823. The van der Waals surface area contributed by atoms with Gasteiger partial charge < -0.3 is 10.2 Å². The van der Waals surface area contributed by atoms with Crippen LogP contribution in [0.2, 0.25) is 0 Å². The number of rotatable bonds is 4. The molecule has 2 N–H and O–H groups in total. The van der Waals surface area contributed by atoms with Crippen molar-refractivity contribution in [1.82, 2.24) is 0 Å². The predicted octanol–water partition coefficient (Wildman–Crippen LogP) is 3.57. The molecule has 0 aromatic heterocycles. The van der Waals surface area contributed by atoms with Gasteiger partial charge in [-0.2, -0.15) is 0 Å². The van der Waals surface area contributed by atoms with Crippen LogP contribution < -0.4 is 0 Å². The molecule has 0 amide bonds. The molecular formula is C20H30O3. The van der Waals surface area contributed by atoms with Crippen molar-refractivity contribution in [3.63, 3.8) is 0 Å². The highest BCUT2D eigenvalue weighted by Crippen LogP contribution is 2.57. The summed E-state index contributed by atoms with van der Waals surface area (Å²) in [6.07, 6.45) is 10.1. The molecule has 0 aromatic carbocycles. The van der Waals surface area contributed by atoms with Crippen LogP contribution in [-0.2, 0) is 4.79 Å². The van der Waals surface area contributed by atoms with Crippen LogP contribution in [0.15, 0.2) is 36.0 Å². The number of fused-ring (bicyclic) bond motifs is 1. The maximum atomic E-state index is 12.7. The van der Waals surface area contributed by atoms with Crippen molar-refractivity contribution >= 4 is 5.78 Å². The normalized spacial score (nSPS) is 36.7. The van der Waals surface area contributed by atoms with Gasteiger partial charge in [0.15, 0.2) is 5.78 Å². The molecule has 0 bridgehead atoms. The average molecular weight is 318 g/mol. The number of aliphatic hydroxyl groups excluding tert-OH is 1. The first-order valence-corrected chi connectivity index (χ1v) is 8.60. The number of allylic oxidation sites excluding steroid dienone is 4. The van der Waals surface area contributed by atoms with Crippen molar-refractivity contribution in [2.75, 3.05) is 6.61 Å². The highest BCUT2D eigenvalue weighted by Gasteiger charge is 2.54. The van der Waals surface area contributed by atoms with Crippen molar-refractivity contribution in [3.05, 3.63) is 36.0 Å². The van der Waals surface area contributed by atoms with E-state index in [-0.39, 0.29) is 17.8 Å². The zero-order valence-corrected chi connectivity index (χ0v) is 14.6. The minimum absolute atomic E-state index is 0.0566. The molecule has 2 aliphatic rings. The maximum Gasteiger partial charge on any atom is 0.161 e. The molecule has 2 rings (SSSR count). The number of hydrogen-bond acceptors (Lipinski definition) is 3. The summed E-state index contributed by atoms with van der Waals surface area (Å²) in [6, 6.07) is 0. The molecule has 128 valence electrons. The maximum absolute atomic E-state index is 12.7. The number of carbonyl (C=O) groups is 1. The highest BCUT2D eigenvalue weighted by atomic mass is 16.3. The van der Waals surface area contributed by atoms with Gasteiger partial charge in [-0.15, -0.1) is 0 Å². The van der Waals surface area contributed by atoms with Gasteiger partial charge in [-0.3, -0.25) is 4.79 Å². The van der Waals surface area contributed by atoms with E-state index in [1.165, 1.54) is 30.2 Å². The zero-order valence-electron chi connectivity index (χ0n) is 14.6. The predicted molar refractivity (Wildman–Crippen MR) is 92.9 cm³/mol. The molecule has 0 radical (unpaired) electrons. The molecule has 2 aliphatic carbocycles. The average Bonchev–Trinajstić information content (AvgIpc) is 2.54. The van der Waals surface area contributed by atoms with E-state index in [9.17, 15) is 9.90 Å². The lowest BCUT2D eigenvalue weighted by molar-refractivity contribution is -0.137. The summed E-state index contributed by atoms with van der Waals surface area (Å²) >= 11 is 0. The van der Waals surface area contributed by atoms with E-state index in [4.69, 9.17) is 5.11 Å². The van der Waals surface area contributed by atoms with Crippen LogP contribution >= 0.6 is 0 Å². The SMILES string of the molecule is C=C1CC/C=C(/C)CC[C@H]2[C@H]1C[C@]2(C)C(=O)/C=C/[C@](C)(O)CO. The van der Waals surface area contributed by atoms with E-state index < -0.39 is 5.60 Å². The van der Waals surface area contributed by atoms with Crippen LogP contribution in [0.25, 0.3) is 0 Å². The summed E-state index contributed by atoms with van der Waals surface area (Å²) in [5.41, 5.74) is 0.966. The van der Waals surface area contributed by atoms with Crippen molar-refractivity contribution < 1.29 is 15.0 Å². The van der Waals surface area contributed by atoms with Crippen LogP contribution in [0.5, 0.6) is 0 Å². The molecule has 1 saturated carbocycles. The standard InChI is InChI=1S/C20H30O3/c1-14-6-5-7-15(2)16-12-20(4,17(16)9-8-14)18(22)10-11-19(3,23)13-21/h6,10-11,16-17,21,23H,2,5,7-9,12-13H2,1,3-4H3/b11-10+,14-6-/t16-,17-,19-,20-/m0/s1. The third-order valence-electron chi connectivity index (χ3n) is 5.76. The first kappa shape index (κ1) is 18.2. The van der Waals surface area contributed by atoms with E-state index >= 15 is 0 Å². The van der Waals surface area contributed by atoms with Gasteiger partial charge in [0.05, 0.1) is 6.61 Å². The Hall–Kier alpha value is -1.19. The topological polar surface area (TPSA) is 57.5 Å². The first-order valence-electron chi connectivity index (χ1n) is 8.60. The zero-order chi connectivity index (χ0) is 17.3. The summed E-state index contributed by atoms with van der Waals surface area (Å²) < 4.78 is 0. The first-order chi connectivity index (χ1) is 10.7. The Morgan fingerprint density at radius 1 is 1.52 bits per heavy atom. The van der Waals surface area contributed by atoms with E-state index in [1.807, 2.05) is 6.92 Å². The van der Waals surface area contributed by atoms with Gasteiger partial charge in [0.1, 0.15) is 5.60 Å². The van der Waals surface area contributed by atoms with Crippen LogP contribution in [0.1, 0.15) is 52.9 Å². The Bertz CT molecular complexity index is 541. The smallest absolute Gasteiger partial charge is 0.161 e. The van der Waals surface area contributed by atoms with Gasteiger partial charge in [-0.1, -0.05) is 30.7 Å². The molecule has 0 aliphatic heterocycles. The molecule has 1 fully saturated rings. The van der Waals surface area contributed by atoms with E-state index in [0.717, 1.165) is 32.1 Å². The molecule has 23 heavy (non-hydrogen) atoms. The molecule has 0 saturated heterocycles. The lowest BCUT2D eigenvalue weighted by atomic mass is 9.49. The minimum atomic E-state index is -1.34. The largest absolute Gasteiger partial charge is 0.393 e. The monoisotopic (exact) mass is 318 g/mol. The fraction of sp³-hybridized carbons (Fsp3) is 0.650. The number of ketones is 1. The molecule has 0 unspecified atom stereocenters. The lowest BCUT2D eigenvalue weighted by Crippen LogP contribution is -2.51. The van der Waals surface area contributed by atoms with E-state index in [0.29, 0.717) is 11.8 Å². The molecule has 4 atom stereocenters. The van der Waals surface area contributed by atoms with Crippen LogP contribution in [-0.4, -0.2) is 28.2 Å². The van der Waals surface area contributed by atoms with Crippen molar-refractivity contribution in [2.24, 2.45) is 17.3 Å². The molecule has 0 heterocycles. The molecular weight excluding hydrogens is 288 g/mol. The van der Waals surface area contributed by atoms with Crippen molar-refractivity contribution in [1.29, 1.82) is 0 Å². The Labute approximate surface area is 139 Å². The molecule has 3 heteroatoms. The number of hydrogen-bond donors (Lipinski definition) is 2. The minimum Gasteiger partial charge on any atom is -0.393 e. The quantitative estimate of drug-likeness (QED) is 0.615. The molecule has 3 nitrogen and oxygen atoms in total. The van der Waals surface area contributed by atoms with E-state index in [1.54, 1.807) is 0 Å². The fourth-order valence-electron chi connectivity index (χ4n) is 3.94. The Kier molecular flexibility index (Phi) is 5.32. The van der Waals surface area contributed by atoms with E-state index in [2.05, 4.69) is 19.6 Å². The van der Waals surface area contributed by atoms with Crippen LogP contribution in [0.4, 0.5) is 0 Å². The van der Waals surface area contributed by atoms with Gasteiger partial charge in [0.25, 0.3) is 0 Å². The fourth-order valence-corrected chi connectivity index (χ4v) is 3.94. The van der Waals surface area contributed by atoms with Crippen LogP contribution in [0.3, 0.4) is 0 Å². The molecule has 0 aromatic rings. The van der Waals surface area contributed by atoms with Gasteiger partial charge in [0.2, 0.25) is 0 Å². The third kappa shape index (κ3) is 3.84. The second-order valence-corrected chi connectivity index (χ2v) is 7.83. The summed E-state index contributed by atoms with van der Waals surface area (Å²) in [6.45, 7) is 9.57. The third-order valence-corrected chi connectivity index (χ3v) is 5.76. The van der Waals surface area contributed by atoms with Gasteiger partial charge in [-0.05, 0) is 69.9 Å². The second kappa shape index (κ2) is 6.74. The van der Waals surface area contributed by atoms with Gasteiger partial charge in [0, 0.05) is 5.41 Å². The van der Waals surface area contributed by atoms with Crippen molar-refractivity contribution in [2.45, 2.75) is 58.5 Å². The van der Waals surface area contributed by atoms with Crippen molar-refractivity contribution in [3.8, 4) is 0 Å². The summed E-state index contributed by atoms with van der Waals surface area (Å²) in [7, 11) is 0. The van der Waals surface area contributed by atoms with Crippen LogP contribution in [0, 0.1) is 17.3 Å². The Balaban J connectivity index is 2.15. The van der Waals surface area contributed by atoms with Gasteiger partial charge >= 0.3 is 0 Å². The summed E-state index contributed by atoms with van der Waals surface area (Å²) in [5, 5.41) is 18.9. The summed E-state index contributed by atoms with van der Waals surface area (Å²) in [4.78, 5) is 12.7. The number of aliphatic hydroxyl groups is 2. The number of carbonyl (C=O) groups excluding carboxylic acids is 1. The second-order valence-electron chi connectivity index (χ2n) is 7.83. The lowest BCUT2D eigenvalue weighted by Gasteiger charge is -2.53. The Morgan fingerprint density at radius 2 is 2.22 bits per heavy atom. The van der Waals surface area contributed by atoms with Gasteiger partial charge in [-0.25, -0.2) is 0 Å². The highest BCUT2D eigenvalue weighted by molar-refractivity contribution is 5.95. The Morgan fingerprint density at radius 3 is 2.87 bits per heavy atom. The molecule has 0 spiro atoms.